The van der Waals surface area contributed by atoms with Gasteiger partial charge in [-0.2, -0.15) is 5.10 Å². The first-order valence-electron chi connectivity index (χ1n) is 8.71. The van der Waals surface area contributed by atoms with Gasteiger partial charge in [-0.1, -0.05) is 24.3 Å². The molecule has 0 unspecified atom stereocenters. The molecule has 0 aliphatic carbocycles. The number of nitrogens with zero attached hydrogens (tertiary/aromatic N) is 3. The smallest absolute Gasteiger partial charge is 0.251 e. The van der Waals surface area contributed by atoms with Crippen molar-refractivity contribution in [3.8, 4) is 5.69 Å². The maximum absolute atomic E-state index is 12.5. The van der Waals surface area contributed by atoms with Crippen molar-refractivity contribution in [3.63, 3.8) is 0 Å². The number of benzene rings is 2. The van der Waals surface area contributed by atoms with Crippen molar-refractivity contribution >= 4 is 11.8 Å². The molecule has 0 bridgehead atoms. The molecule has 0 radical (unpaired) electrons. The second-order valence-corrected chi connectivity index (χ2v) is 6.32. The molecule has 1 N–H and O–H groups in total. The van der Waals surface area contributed by atoms with Gasteiger partial charge in [-0.3, -0.25) is 9.59 Å². The molecule has 6 nitrogen and oxygen atoms in total. The standard InChI is InChI=1S/C21H22N4O2/c1-22-21(27)18-8-4-17(5-9-18)15-24(2)20(26)14-16-6-10-19(11-7-16)25-13-3-12-23-25/h3-13H,14-15H2,1-2H3,(H,22,27). The Labute approximate surface area is 158 Å². The Hall–Kier alpha value is -3.41. The molecular weight excluding hydrogens is 340 g/mol. The molecule has 2 amide bonds. The highest BCUT2D eigenvalue weighted by atomic mass is 16.2. The van der Waals surface area contributed by atoms with Gasteiger partial charge in [0, 0.05) is 38.6 Å². The zero-order chi connectivity index (χ0) is 19.2. The summed E-state index contributed by atoms with van der Waals surface area (Å²) >= 11 is 0. The Morgan fingerprint density at radius 2 is 1.70 bits per heavy atom. The molecule has 3 rings (SSSR count). The first-order chi connectivity index (χ1) is 13.1. The van der Waals surface area contributed by atoms with Crippen LogP contribution in [0.25, 0.3) is 5.69 Å². The van der Waals surface area contributed by atoms with Gasteiger partial charge in [-0.05, 0) is 41.5 Å². The molecule has 0 aliphatic heterocycles. The lowest BCUT2D eigenvalue weighted by molar-refractivity contribution is -0.129. The minimum absolute atomic E-state index is 0.0391. The second-order valence-electron chi connectivity index (χ2n) is 6.32. The average molecular weight is 362 g/mol. The van der Waals surface area contributed by atoms with E-state index in [2.05, 4.69) is 10.4 Å². The van der Waals surface area contributed by atoms with E-state index in [1.165, 1.54) is 0 Å². The van der Waals surface area contributed by atoms with Crippen LogP contribution < -0.4 is 5.32 Å². The summed E-state index contributed by atoms with van der Waals surface area (Å²) in [5, 5.41) is 6.78. The lowest BCUT2D eigenvalue weighted by Gasteiger charge is -2.17. The molecule has 0 saturated carbocycles. The highest BCUT2D eigenvalue weighted by molar-refractivity contribution is 5.93. The van der Waals surface area contributed by atoms with Crippen LogP contribution in [0, 0.1) is 0 Å². The number of hydrogen-bond acceptors (Lipinski definition) is 3. The number of rotatable bonds is 6. The Kier molecular flexibility index (Phi) is 5.66. The van der Waals surface area contributed by atoms with E-state index in [4.69, 9.17) is 0 Å². The van der Waals surface area contributed by atoms with Crippen molar-refractivity contribution in [2.24, 2.45) is 0 Å². The minimum Gasteiger partial charge on any atom is -0.355 e. The molecule has 0 fully saturated rings. The van der Waals surface area contributed by atoms with Gasteiger partial charge >= 0.3 is 0 Å². The predicted octanol–water partition coefficient (Wildman–Crippen LogP) is 2.43. The van der Waals surface area contributed by atoms with Crippen molar-refractivity contribution in [1.29, 1.82) is 0 Å². The van der Waals surface area contributed by atoms with Crippen LogP contribution >= 0.6 is 0 Å². The largest absolute Gasteiger partial charge is 0.355 e. The van der Waals surface area contributed by atoms with Crippen molar-refractivity contribution in [2.45, 2.75) is 13.0 Å². The molecule has 138 valence electrons. The topological polar surface area (TPSA) is 67.2 Å². The number of likely N-dealkylation sites (N-methyl/N-ethyl adjacent to an activating group) is 1. The van der Waals surface area contributed by atoms with Crippen LogP contribution in [0.1, 0.15) is 21.5 Å². The van der Waals surface area contributed by atoms with E-state index in [0.717, 1.165) is 16.8 Å². The van der Waals surface area contributed by atoms with Crippen LogP contribution in [0.5, 0.6) is 0 Å². The molecule has 3 aromatic rings. The molecule has 0 aliphatic rings. The Balaban J connectivity index is 1.58. The maximum Gasteiger partial charge on any atom is 0.251 e. The first-order valence-corrected chi connectivity index (χ1v) is 8.71. The summed E-state index contributed by atoms with van der Waals surface area (Å²) in [7, 11) is 3.39. The van der Waals surface area contributed by atoms with Crippen LogP contribution in [0.3, 0.4) is 0 Å². The molecular formula is C21H22N4O2. The molecule has 27 heavy (non-hydrogen) atoms. The highest BCUT2D eigenvalue weighted by Crippen LogP contribution is 2.12. The number of carbonyl (C=O) groups is 2. The number of nitrogens with one attached hydrogen (secondary N) is 1. The molecule has 0 atom stereocenters. The third-order valence-electron chi connectivity index (χ3n) is 4.35. The fourth-order valence-corrected chi connectivity index (χ4v) is 2.77. The van der Waals surface area contributed by atoms with E-state index in [9.17, 15) is 9.59 Å². The summed E-state index contributed by atoms with van der Waals surface area (Å²) in [5.41, 5.74) is 3.50. The molecule has 2 aromatic carbocycles. The van der Waals surface area contributed by atoms with Crippen LogP contribution in [0.4, 0.5) is 0 Å². The Bertz CT molecular complexity index is 900. The number of amides is 2. The average Bonchev–Trinajstić information content (AvgIpc) is 3.23. The highest BCUT2D eigenvalue weighted by Gasteiger charge is 2.11. The van der Waals surface area contributed by atoms with Gasteiger partial charge in [0.1, 0.15) is 0 Å². The van der Waals surface area contributed by atoms with Crippen molar-refractivity contribution in [2.75, 3.05) is 14.1 Å². The SMILES string of the molecule is CNC(=O)c1ccc(CN(C)C(=O)Cc2ccc(-n3cccn3)cc2)cc1. The van der Waals surface area contributed by atoms with Gasteiger partial charge in [-0.15, -0.1) is 0 Å². The van der Waals surface area contributed by atoms with Crippen molar-refractivity contribution < 1.29 is 9.59 Å². The Morgan fingerprint density at radius 3 is 2.30 bits per heavy atom. The number of carbonyl (C=O) groups excluding carboxylic acids is 2. The maximum atomic E-state index is 12.5. The van der Waals surface area contributed by atoms with Gasteiger partial charge in [0.25, 0.3) is 5.91 Å². The number of aromatic nitrogens is 2. The Morgan fingerprint density at radius 1 is 1.04 bits per heavy atom. The minimum atomic E-state index is -0.121. The fraction of sp³-hybridized carbons (Fsp3) is 0.190. The predicted molar refractivity (Wildman–Crippen MR) is 104 cm³/mol. The lowest BCUT2D eigenvalue weighted by Crippen LogP contribution is -2.27. The summed E-state index contributed by atoms with van der Waals surface area (Å²) in [4.78, 5) is 25.8. The summed E-state index contributed by atoms with van der Waals surface area (Å²) in [6, 6.07) is 16.9. The van der Waals surface area contributed by atoms with Crippen LogP contribution in [-0.2, 0) is 17.8 Å². The van der Waals surface area contributed by atoms with E-state index >= 15 is 0 Å². The van der Waals surface area contributed by atoms with E-state index in [1.54, 1.807) is 42.0 Å². The summed E-state index contributed by atoms with van der Waals surface area (Å²) < 4.78 is 1.78. The second kappa shape index (κ2) is 8.31. The van der Waals surface area contributed by atoms with E-state index in [-0.39, 0.29) is 11.8 Å². The first kappa shape index (κ1) is 18.4. The zero-order valence-corrected chi connectivity index (χ0v) is 15.4. The van der Waals surface area contributed by atoms with E-state index in [1.807, 2.05) is 48.7 Å². The summed E-state index contributed by atoms with van der Waals surface area (Å²) in [5.74, 6) is -0.0817. The fourth-order valence-electron chi connectivity index (χ4n) is 2.77. The van der Waals surface area contributed by atoms with Crippen molar-refractivity contribution in [1.82, 2.24) is 20.0 Å². The van der Waals surface area contributed by atoms with Gasteiger partial charge < -0.3 is 10.2 Å². The van der Waals surface area contributed by atoms with Crippen molar-refractivity contribution in [3.05, 3.63) is 83.7 Å². The van der Waals surface area contributed by atoms with Gasteiger partial charge in [0.15, 0.2) is 0 Å². The molecule has 1 heterocycles. The lowest BCUT2D eigenvalue weighted by atomic mass is 10.1. The molecule has 0 spiro atoms. The van der Waals surface area contributed by atoms with Crippen LogP contribution in [0.15, 0.2) is 67.0 Å². The van der Waals surface area contributed by atoms with Gasteiger partial charge in [0.2, 0.25) is 5.91 Å². The summed E-state index contributed by atoms with van der Waals surface area (Å²) in [6.07, 6.45) is 3.95. The quantitative estimate of drug-likeness (QED) is 0.732. The van der Waals surface area contributed by atoms with Gasteiger partial charge in [0.05, 0.1) is 12.1 Å². The normalized spacial score (nSPS) is 10.4. The van der Waals surface area contributed by atoms with Crippen LogP contribution in [-0.4, -0.2) is 40.6 Å². The van der Waals surface area contributed by atoms with Crippen LogP contribution in [0.2, 0.25) is 0 Å². The molecule has 0 saturated heterocycles. The number of hydrogen-bond donors (Lipinski definition) is 1. The van der Waals surface area contributed by atoms with Gasteiger partial charge in [-0.25, -0.2) is 4.68 Å². The molecule has 6 heteroatoms. The third kappa shape index (κ3) is 4.61. The summed E-state index contributed by atoms with van der Waals surface area (Å²) in [6.45, 7) is 0.498. The third-order valence-corrected chi connectivity index (χ3v) is 4.35. The molecule has 1 aromatic heterocycles. The van der Waals surface area contributed by atoms with E-state index in [0.29, 0.717) is 18.5 Å². The monoisotopic (exact) mass is 362 g/mol. The zero-order valence-electron chi connectivity index (χ0n) is 15.4. The van der Waals surface area contributed by atoms with E-state index < -0.39 is 0 Å².